The summed E-state index contributed by atoms with van der Waals surface area (Å²) in [5.41, 5.74) is 1.01. The maximum absolute atomic E-state index is 10.9. The van der Waals surface area contributed by atoms with Gasteiger partial charge in [-0.25, -0.2) is 0 Å². The predicted octanol–water partition coefficient (Wildman–Crippen LogP) is 0.715. The third-order valence-electron chi connectivity index (χ3n) is 2.09. The molecule has 0 saturated carbocycles. The van der Waals surface area contributed by atoms with Crippen LogP contribution in [0.5, 0.6) is 11.5 Å². The van der Waals surface area contributed by atoms with Gasteiger partial charge >= 0.3 is 0 Å². The number of quaternary nitrogens is 1. The van der Waals surface area contributed by atoms with E-state index in [0.717, 1.165) is 23.0 Å². The highest BCUT2D eigenvalue weighted by Gasteiger charge is 2.07. The van der Waals surface area contributed by atoms with E-state index in [4.69, 9.17) is 0 Å². The molecule has 1 aromatic carbocycles. The highest BCUT2D eigenvalue weighted by atomic mass is 16.3. The number of hydrogen-bond acceptors (Lipinski definition) is 2. The van der Waals surface area contributed by atoms with E-state index >= 15 is 0 Å². The van der Waals surface area contributed by atoms with Gasteiger partial charge in [-0.3, -0.25) is 0 Å². The van der Waals surface area contributed by atoms with E-state index in [0.29, 0.717) is 0 Å². The number of benzene rings is 1. The van der Waals surface area contributed by atoms with Gasteiger partial charge in [-0.2, -0.15) is 0 Å². The highest BCUT2D eigenvalue weighted by Crippen LogP contribution is 2.22. The van der Waals surface area contributed by atoms with Crippen LogP contribution in [0.2, 0.25) is 0 Å². The van der Waals surface area contributed by atoms with Gasteiger partial charge in [-0.15, -0.1) is 0 Å². The Morgan fingerprint density at radius 2 is 1.93 bits per heavy atom. The Bertz CT molecular complexity index is 316. The number of hydrogen-bond donors (Lipinski definition) is 1. The molecule has 0 unspecified atom stereocenters. The molecule has 3 nitrogen and oxygen atoms in total. The Hall–Kier alpha value is -1.22. The van der Waals surface area contributed by atoms with Gasteiger partial charge in [0.1, 0.15) is 5.75 Å². The molecule has 3 heteroatoms. The van der Waals surface area contributed by atoms with Crippen molar-refractivity contribution in [3.63, 3.8) is 0 Å². The Morgan fingerprint density at radius 3 is 2.43 bits per heavy atom. The topological polar surface area (TPSA) is 43.3 Å². The van der Waals surface area contributed by atoms with Crippen LogP contribution in [0.3, 0.4) is 0 Å². The van der Waals surface area contributed by atoms with Crippen molar-refractivity contribution in [2.75, 3.05) is 27.7 Å². The first kappa shape index (κ1) is 10.9. The second-order valence-corrected chi connectivity index (χ2v) is 4.57. The fourth-order valence-corrected chi connectivity index (χ4v) is 1.18. The summed E-state index contributed by atoms with van der Waals surface area (Å²) in [7, 11) is 6.34. The molecule has 0 amide bonds. The number of phenolic OH excluding ortho intramolecular Hbond substituents is 1. The molecule has 0 fully saturated rings. The van der Waals surface area contributed by atoms with Gasteiger partial charge in [-0.05, 0) is 11.6 Å². The van der Waals surface area contributed by atoms with E-state index in [2.05, 4.69) is 21.1 Å². The van der Waals surface area contributed by atoms with Crippen LogP contribution in [-0.2, 0) is 6.42 Å². The molecule has 0 saturated heterocycles. The molecule has 0 aromatic heterocycles. The fourth-order valence-electron chi connectivity index (χ4n) is 1.18. The van der Waals surface area contributed by atoms with Crippen molar-refractivity contribution in [3.05, 3.63) is 23.8 Å². The SMILES string of the molecule is C[N+](C)(C)CCc1ccc([O-])c(O)c1. The maximum atomic E-state index is 10.9. The molecular weight excluding hydrogens is 178 g/mol. The zero-order valence-corrected chi connectivity index (χ0v) is 8.95. The summed E-state index contributed by atoms with van der Waals surface area (Å²) in [5.74, 6) is -0.456. The van der Waals surface area contributed by atoms with Crippen molar-refractivity contribution in [2.24, 2.45) is 0 Å². The highest BCUT2D eigenvalue weighted by molar-refractivity contribution is 5.39. The number of aromatic hydroxyl groups is 1. The van der Waals surface area contributed by atoms with Crippen LogP contribution in [0, 0.1) is 0 Å². The van der Waals surface area contributed by atoms with Crippen LogP contribution in [0.25, 0.3) is 0 Å². The molecular formula is C11H17NO2. The lowest BCUT2D eigenvalue weighted by molar-refractivity contribution is -0.870. The Balaban J connectivity index is 2.65. The van der Waals surface area contributed by atoms with Crippen LogP contribution >= 0.6 is 0 Å². The molecule has 0 heterocycles. The lowest BCUT2D eigenvalue weighted by Crippen LogP contribution is -2.36. The summed E-state index contributed by atoms with van der Waals surface area (Å²) >= 11 is 0. The van der Waals surface area contributed by atoms with E-state index in [1.807, 2.05) is 0 Å². The van der Waals surface area contributed by atoms with E-state index in [1.165, 1.54) is 6.07 Å². The molecule has 1 aromatic rings. The van der Waals surface area contributed by atoms with Gasteiger partial charge in [0.15, 0.2) is 0 Å². The van der Waals surface area contributed by atoms with Crippen molar-refractivity contribution >= 4 is 0 Å². The minimum Gasteiger partial charge on any atom is -0.870 e. The van der Waals surface area contributed by atoms with Crippen molar-refractivity contribution in [1.29, 1.82) is 0 Å². The van der Waals surface area contributed by atoms with E-state index < -0.39 is 0 Å². The normalized spacial score (nSPS) is 11.6. The average molecular weight is 195 g/mol. The summed E-state index contributed by atoms with van der Waals surface area (Å²) in [4.78, 5) is 0. The van der Waals surface area contributed by atoms with Crippen LogP contribution < -0.4 is 5.11 Å². The van der Waals surface area contributed by atoms with Crippen LogP contribution in [0.4, 0.5) is 0 Å². The summed E-state index contributed by atoms with van der Waals surface area (Å²) in [6.07, 6.45) is 0.872. The molecule has 78 valence electrons. The number of phenols is 1. The van der Waals surface area contributed by atoms with Gasteiger partial charge in [0.25, 0.3) is 0 Å². The smallest absolute Gasteiger partial charge is 0.108 e. The van der Waals surface area contributed by atoms with E-state index in [-0.39, 0.29) is 11.5 Å². The lowest BCUT2D eigenvalue weighted by Gasteiger charge is -2.24. The van der Waals surface area contributed by atoms with Crippen LogP contribution in [-0.4, -0.2) is 37.3 Å². The van der Waals surface area contributed by atoms with Gasteiger partial charge in [0, 0.05) is 6.42 Å². The lowest BCUT2D eigenvalue weighted by atomic mass is 10.1. The quantitative estimate of drug-likeness (QED) is 0.722. The number of nitrogens with zero attached hydrogens (tertiary/aromatic N) is 1. The third kappa shape index (κ3) is 3.26. The zero-order chi connectivity index (χ0) is 10.8. The summed E-state index contributed by atoms with van der Waals surface area (Å²) in [6.45, 7) is 0.984. The molecule has 0 aliphatic rings. The molecule has 0 bridgehead atoms. The van der Waals surface area contributed by atoms with E-state index in [9.17, 15) is 10.2 Å². The van der Waals surface area contributed by atoms with Gasteiger partial charge in [0.2, 0.25) is 0 Å². The first-order valence-corrected chi connectivity index (χ1v) is 4.68. The Kier molecular flexibility index (Phi) is 3.01. The molecule has 0 aliphatic heterocycles. The van der Waals surface area contributed by atoms with Crippen molar-refractivity contribution in [3.8, 4) is 11.5 Å². The standard InChI is InChI=1S/C11H17NO2/c1-12(2,3)7-6-9-4-5-10(13)11(14)8-9/h4-5,8H,6-7H2,1-3H3,(H-,13,14). The second-order valence-electron chi connectivity index (χ2n) is 4.57. The molecule has 0 spiro atoms. The first-order valence-electron chi connectivity index (χ1n) is 4.68. The Morgan fingerprint density at radius 1 is 1.29 bits per heavy atom. The molecule has 0 radical (unpaired) electrons. The molecule has 0 aliphatic carbocycles. The third-order valence-corrected chi connectivity index (χ3v) is 2.09. The summed E-state index contributed by atoms with van der Waals surface area (Å²) < 4.78 is 0.875. The zero-order valence-electron chi connectivity index (χ0n) is 8.95. The summed E-state index contributed by atoms with van der Waals surface area (Å²) in [5, 5.41) is 20.1. The largest absolute Gasteiger partial charge is 0.870 e. The number of likely N-dealkylation sites (N-methyl/N-ethyl adjacent to an activating group) is 1. The molecule has 1 N–H and O–H groups in total. The van der Waals surface area contributed by atoms with E-state index in [1.54, 1.807) is 12.1 Å². The van der Waals surface area contributed by atoms with Gasteiger partial charge < -0.3 is 14.7 Å². The van der Waals surface area contributed by atoms with Gasteiger partial charge in [0.05, 0.1) is 27.7 Å². The van der Waals surface area contributed by atoms with Crippen LogP contribution in [0.1, 0.15) is 5.56 Å². The fraction of sp³-hybridized carbons (Fsp3) is 0.455. The minimum absolute atomic E-state index is 0.149. The molecule has 14 heavy (non-hydrogen) atoms. The number of rotatable bonds is 3. The van der Waals surface area contributed by atoms with Gasteiger partial charge in [-0.1, -0.05) is 17.9 Å². The maximum Gasteiger partial charge on any atom is 0.108 e. The van der Waals surface area contributed by atoms with Crippen molar-refractivity contribution < 1.29 is 14.7 Å². The Labute approximate surface area is 84.8 Å². The van der Waals surface area contributed by atoms with Crippen molar-refractivity contribution in [1.82, 2.24) is 0 Å². The first-order chi connectivity index (χ1) is 6.38. The second kappa shape index (κ2) is 3.88. The minimum atomic E-state index is -0.306. The van der Waals surface area contributed by atoms with Crippen molar-refractivity contribution in [2.45, 2.75) is 6.42 Å². The summed E-state index contributed by atoms with van der Waals surface area (Å²) in [6, 6.07) is 4.75. The molecule has 0 atom stereocenters. The molecule has 1 rings (SSSR count). The average Bonchev–Trinajstić information content (AvgIpc) is 2.06. The van der Waals surface area contributed by atoms with Crippen LogP contribution in [0.15, 0.2) is 18.2 Å². The predicted molar refractivity (Wildman–Crippen MR) is 54.2 cm³/mol. The monoisotopic (exact) mass is 195 g/mol.